The van der Waals surface area contributed by atoms with Crippen molar-refractivity contribution in [2.45, 2.75) is 6.92 Å². The number of amides is 1. The van der Waals surface area contributed by atoms with Crippen LogP contribution in [-0.2, 0) is 9.53 Å². The minimum absolute atomic E-state index is 0.0370. The first-order chi connectivity index (χ1) is 11.5. The molecule has 0 aliphatic carbocycles. The minimum atomic E-state index is -0.262. The van der Waals surface area contributed by atoms with Crippen LogP contribution in [0.15, 0.2) is 30.6 Å². The second-order valence-electron chi connectivity index (χ2n) is 5.13. The van der Waals surface area contributed by atoms with Crippen molar-refractivity contribution < 1.29 is 9.53 Å². The van der Waals surface area contributed by atoms with Crippen LogP contribution in [0.2, 0.25) is 10.0 Å². The summed E-state index contributed by atoms with van der Waals surface area (Å²) in [6.45, 7) is 1.77. The molecule has 8 heteroatoms. The maximum Gasteiger partial charge on any atom is 0.251 e. The normalized spacial score (nSPS) is 11.0. The van der Waals surface area contributed by atoms with Crippen molar-refractivity contribution in [3.8, 4) is 11.3 Å². The Kier molecular flexibility index (Phi) is 4.71. The molecule has 0 saturated carbocycles. The van der Waals surface area contributed by atoms with Crippen LogP contribution in [0, 0.1) is 6.92 Å². The molecule has 124 valence electrons. The molecule has 0 aliphatic heterocycles. The summed E-state index contributed by atoms with van der Waals surface area (Å²) in [4.78, 5) is 20.6. The van der Waals surface area contributed by atoms with Crippen LogP contribution in [0.5, 0.6) is 0 Å². The Labute approximate surface area is 148 Å². The molecule has 0 atom stereocenters. The molecule has 0 fully saturated rings. The van der Waals surface area contributed by atoms with Gasteiger partial charge in [0.05, 0.1) is 27.6 Å². The van der Waals surface area contributed by atoms with Crippen LogP contribution >= 0.6 is 23.2 Å². The summed E-state index contributed by atoms with van der Waals surface area (Å²) in [5.74, 6) is 0.301. The van der Waals surface area contributed by atoms with E-state index in [2.05, 4.69) is 15.3 Å². The summed E-state index contributed by atoms with van der Waals surface area (Å²) in [6, 6.07) is 5.34. The van der Waals surface area contributed by atoms with Gasteiger partial charge in [0.25, 0.3) is 5.91 Å². The first-order valence-corrected chi connectivity index (χ1v) is 7.84. The third-order valence-corrected chi connectivity index (χ3v) is 4.26. The summed E-state index contributed by atoms with van der Waals surface area (Å²) in [6.07, 6.45) is 3.38. The Balaban J connectivity index is 2.10. The van der Waals surface area contributed by atoms with E-state index >= 15 is 0 Å². The van der Waals surface area contributed by atoms with Crippen molar-refractivity contribution in [1.82, 2.24) is 14.4 Å². The standard InChI is InChI=1S/C16H14Cl2N4O2/c1-9-16(21-14(23)8-24-2)22-7-12(19-6-13(22)20-9)10-4-3-5-11(17)15(10)18/h3-7H,8H2,1-2H3,(H,21,23). The molecule has 3 aromatic rings. The number of carbonyl (C=O) groups excluding carboxylic acids is 1. The lowest BCUT2D eigenvalue weighted by atomic mass is 10.1. The Morgan fingerprint density at radius 2 is 2.17 bits per heavy atom. The summed E-state index contributed by atoms with van der Waals surface area (Å²) in [7, 11) is 1.46. The van der Waals surface area contributed by atoms with E-state index in [1.807, 2.05) is 6.07 Å². The molecule has 1 amide bonds. The number of imidazole rings is 1. The van der Waals surface area contributed by atoms with Gasteiger partial charge >= 0.3 is 0 Å². The highest BCUT2D eigenvalue weighted by Gasteiger charge is 2.14. The average molecular weight is 365 g/mol. The molecule has 1 N–H and O–H groups in total. The number of carbonyl (C=O) groups is 1. The van der Waals surface area contributed by atoms with Gasteiger partial charge in [0, 0.05) is 18.9 Å². The van der Waals surface area contributed by atoms with E-state index in [0.717, 1.165) is 0 Å². The number of aromatic nitrogens is 3. The Bertz CT molecular complexity index is 924. The summed E-state index contributed by atoms with van der Waals surface area (Å²) < 4.78 is 6.59. The van der Waals surface area contributed by atoms with Gasteiger partial charge in [-0.25, -0.2) is 4.98 Å². The summed E-state index contributed by atoms with van der Waals surface area (Å²) in [5, 5.41) is 3.66. The van der Waals surface area contributed by atoms with Crippen LogP contribution in [0.4, 0.5) is 5.82 Å². The average Bonchev–Trinajstić information content (AvgIpc) is 2.85. The van der Waals surface area contributed by atoms with Gasteiger partial charge in [-0.15, -0.1) is 0 Å². The lowest BCUT2D eigenvalue weighted by Gasteiger charge is -2.08. The summed E-state index contributed by atoms with van der Waals surface area (Å²) >= 11 is 12.3. The van der Waals surface area contributed by atoms with Gasteiger partial charge in [-0.2, -0.15) is 0 Å². The highest BCUT2D eigenvalue weighted by atomic mass is 35.5. The number of halogens is 2. The van der Waals surface area contributed by atoms with Crippen LogP contribution in [0.25, 0.3) is 16.9 Å². The quantitative estimate of drug-likeness (QED) is 0.767. The second kappa shape index (κ2) is 6.76. The largest absolute Gasteiger partial charge is 0.375 e. The maximum absolute atomic E-state index is 11.8. The van der Waals surface area contributed by atoms with Crippen molar-refractivity contribution in [2.75, 3.05) is 19.0 Å². The molecule has 3 rings (SSSR count). The Hall–Kier alpha value is -2.15. The molecule has 0 unspecified atom stereocenters. The van der Waals surface area contributed by atoms with Gasteiger partial charge in [0.1, 0.15) is 12.4 Å². The number of hydrogen-bond donors (Lipinski definition) is 1. The zero-order valence-corrected chi connectivity index (χ0v) is 14.5. The minimum Gasteiger partial charge on any atom is -0.375 e. The van der Waals surface area contributed by atoms with Crippen molar-refractivity contribution in [3.63, 3.8) is 0 Å². The first kappa shape index (κ1) is 16.7. The van der Waals surface area contributed by atoms with Crippen LogP contribution in [-0.4, -0.2) is 34.0 Å². The third kappa shape index (κ3) is 3.08. The predicted molar refractivity (Wildman–Crippen MR) is 93.7 cm³/mol. The highest BCUT2D eigenvalue weighted by molar-refractivity contribution is 6.43. The molecule has 0 bridgehead atoms. The lowest BCUT2D eigenvalue weighted by molar-refractivity contribution is -0.119. The molecular weight excluding hydrogens is 351 g/mol. The van der Waals surface area contributed by atoms with Gasteiger partial charge in [0.2, 0.25) is 0 Å². The van der Waals surface area contributed by atoms with E-state index < -0.39 is 0 Å². The summed E-state index contributed by atoms with van der Waals surface area (Å²) in [5.41, 5.74) is 2.61. The Morgan fingerprint density at radius 1 is 1.38 bits per heavy atom. The molecular formula is C16H14Cl2N4O2. The van der Waals surface area contributed by atoms with Crippen molar-refractivity contribution in [2.24, 2.45) is 0 Å². The molecule has 0 saturated heterocycles. The number of ether oxygens (including phenoxy) is 1. The first-order valence-electron chi connectivity index (χ1n) is 7.09. The van der Waals surface area contributed by atoms with E-state index in [4.69, 9.17) is 27.9 Å². The molecule has 0 aliphatic rings. The van der Waals surface area contributed by atoms with Crippen molar-refractivity contribution in [1.29, 1.82) is 0 Å². The monoisotopic (exact) mass is 364 g/mol. The second-order valence-corrected chi connectivity index (χ2v) is 5.91. The molecule has 0 spiro atoms. The number of nitrogens with zero attached hydrogens (tertiary/aromatic N) is 3. The SMILES string of the molecule is COCC(=O)Nc1c(C)nc2cnc(-c3cccc(Cl)c3Cl)cn12. The van der Waals surface area contributed by atoms with Crippen molar-refractivity contribution in [3.05, 3.63) is 46.3 Å². The molecule has 0 radical (unpaired) electrons. The molecule has 1 aromatic carbocycles. The fourth-order valence-corrected chi connectivity index (χ4v) is 2.76. The molecule has 2 aromatic heterocycles. The van der Waals surface area contributed by atoms with E-state index in [0.29, 0.717) is 38.5 Å². The van der Waals surface area contributed by atoms with Gasteiger partial charge < -0.3 is 10.1 Å². The number of hydrogen-bond acceptors (Lipinski definition) is 4. The number of rotatable bonds is 4. The van der Waals surface area contributed by atoms with Crippen LogP contribution in [0.1, 0.15) is 5.69 Å². The van der Waals surface area contributed by atoms with Gasteiger partial charge in [-0.1, -0.05) is 35.3 Å². The highest BCUT2D eigenvalue weighted by Crippen LogP contribution is 2.32. The number of nitrogens with one attached hydrogen (secondary N) is 1. The van der Waals surface area contributed by atoms with E-state index in [-0.39, 0.29) is 12.5 Å². The number of anilines is 1. The maximum atomic E-state index is 11.8. The topological polar surface area (TPSA) is 68.5 Å². The fraction of sp³-hybridized carbons (Fsp3) is 0.188. The van der Waals surface area contributed by atoms with Gasteiger partial charge in [-0.05, 0) is 13.0 Å². The zero-order valence-electron chi connectivity index (χ0n) is 13.0. The number of fused-ring (bicyclic) bond motifs is 1. The molecule has 24 heavy (non-hydrogen) atoms. The van der Waals surface area contributed by atoms with E-state index in [1.54, 1.807) is 35.9 Å². The number of benzene rings is 1. The van der Waals surface area contributed by atoms with E-state index in [9.17, 15) is 4.79 Å². The lowest BCUT2D eigenvalue weighted by Crippen LogP contribution is -2.18. The fourth-order valence-electron chi connectivity index (χ4n) is 2.36. The Morgan fingerprint density at radius 3 is 2.92 bits per heavy atom. The molecule has 2 heterocycles. The van der Waals surface area contributed by atoms with Gasteiger partial charge in [-0.3, -0.25) is 14.2 Å². The van der Waals surface area contributed by atoms with E-state index in [1.165, 1.54) is 7.11 Å². The van der Waals surface area contributed by atoms with Crippen molar-refractivity contribution >= 4 is 40.6 Å². The molecule has 6 nitrogen and oxygen atoms in total. The third-order valence-electron chi connectivity index (χ3n) is 3.44. The smallest absolute Gasteiger partial charge is 0.251 e. The zero-order chi connectivity index (χ0) is 17.3. The van der Waals surface area contributed by atoms with Crippen LogP contribution in [0.3, 0.4) is 0 Å². The van der Waals surface area contributed by atoms with Gasteiger partial charge in [0.15, 0.2) is 5.65 Å². The van der Waals surface area contributed by atoms with Crippen LogP contribution < -0.4 is 5.32 Å². The predicted octanol–water partition coefficient (Wildman–Crippen LogP) is 3.60. The number of aryl methyl sites for hydroxylation is 1. The number of methoxy groups -OCH3 is 1.